The Balaban J connectivity index is 1.99. The Bertz CT molecular complexity index is 831. The lowest BCUT2D eigenvalue weighted by Gasteiger charge is -2.22. The molecule has 0 bridgehead atoms. The minimum Gasteiger partial charge on any atom is -0.382 e. The Morgan fingerprint density at radius 3 is 2.71 bits per heavy atom. The number of hydrogen-bond donors (Lipinski definition) is 2. The SMILES string of the molecule is CCCCCCCCNC(=O)/C=C/c1cn(C2COC(COC)C2OC)c(=O)[nH]c1=O. The molecule has 9 heteroatoms. The molecule has 0 spiro atoms. The zero-order chi connectivity index (χ0) is 22.6. The van der Waals surface area contributed by atoms with Gasteiger partial charge in [0.2, 0.25) is 5.91 Å². The van der Waals surface area contributed by atoms with E-state index in [4.69, 9.17) is 14.2 Å². The van der Waals surface area contributed by atoms with Crippen molar-refractivity contribution in [2.24, 2.45) is 0 Å². The fourth-order valence-corrected chi connectivity index (χ4v) is 3.72. The highest BCUT2D eigenvalue weighted by Crippen LogP contribution is 2.26. The Hall–Kier alpha value is -2.23. The summed E-state index contributed by atoms with van der Waals surface area (Å²) in [4.78, 5) is 38.9. The molecule has 1 aliphatic rings. The average Bonchev–Trinajstić information content (AvgIpc) is 3.15. The van der Waals surface area contributed by atoms with Gasteiger partial charge in [0, 0.05) is 33.0 Å². The summed E-state index contributed by atoms with van der Waals surface area (Å²) in [6.45, 7) is 3.36. The first-order valence-corrected chi connectivity index (χ1v) is 11.0. The smallest absolute Gasteiger partial charge is 0.328 e. The molecule has 2 N–H and O–H groups in total. The van der Waals surface area contributed by atoms with Crippen LogP contribution in [-0.2, 0) is 19.0 Å². The van der Waals surface area contributed by atoms with Crippen LogP contribution >= 0.6 is 0 Å². The largest absolute Gasteiger partial charge is 0.382 e. The van der Waals surface area contributed by atoms with E-state index in [1.165, 1.54) is 48.6 Å². The Morgan fingerprint density at radius 2 is 2.00 bits per heavy atom. The summed E-state index contributed by atoms with van der Waals surface area (Å²) in [6.07, 6.45) is 10.3. The van der Waals surface area contributed by atoms with Crippen molar-refractivity contribution in [2.75, 3.05) is 34.0 Å². The highest BCUT2D eigenvalue weighted by molar-refractivity contribution is 5.91. The molecular weight excluding hydrogens is 402 g/mol. The lowest BCUT2D eigenvalue weighted by molar-refractivity contribution is -0.116. The van der Waals surface area contributed by atoms with Crippen molar-refractivity contribution < 1.29 is 19.0 Å². The maximum absolute atomic E-state index is 12.4. The van der Waals surface area contributed by atoms with Gasteiger partial charge in [-0.2, -0.15) is 0 Å². The molecule has 1 aromatic heterocycles. The molecule has 1 aromatic rings. The Morgan fingerprint density at radius 1 is 1.26 bits per heavy atom. The minimum atomic E-state index is -0.553. The molecule has 0 radical (unpaired) electrons. The second kappa shape index (κ2) is 13.2. The van der Waals surface area contributed by atoms with Gasteiger partial charge in [0.25, 0.3) is 5.56 Å². The number of H-pyrrole nitrogens is 1. The van der Waals surface area contributed by atoms with Crippen LogP contribution in [0, 0.1) is 0 Å². The van der Waals surface area contributed by atoms with Crippen molar-refractivity contribution in [3.63, 3.8) is 0 Å². The fourth-order valence-electron chi connectivity index (χ4n) is 3.72. The number of aromatic nitrogens is 2. The van der Waals surface area contributed by atoms with Gasteiger partial charge < -0.3 is 19.5 Å². The second-order valence-electron chi connectivity index (χ2n) is 7.74. The number of nitrogens with one attached hydrogen (secondary N) is 2. The van der Waals surface area contributed by atoms with E-state index in [-0.39, 0.29) is 24.2 Å². The predicted molar refractivity (Wildman–Crippen MR) is 118 cm³/mol. The third kappa shape index (κ3) is 7.45. The predicted octanol–water partition coefficient (Wildman–Crippen LogP) is 1.63. The zero-order valence-corrected chi connectivity index (χ0v) is 18.7. The first kappa shape index (κ1) is 25.0. The average molecular weight is 438 g/mol. The fraction of sp³-hybridized carbons (Fsp3) is 0.682. The van der Waals surface area contributed by atoms with Gasteiger partial charge in [-0.05, 0) is 12.5 Å². The summed E-state index contributed by atoms with van der Waals surface area (Å²) in [6, 6.07) is -0.414. The van der Waals surface area contributed by atoms with Crippen LogP contribution in [-0.4, -0.2) is 61.6 Å². The third-order valence-electron chi connectivity index (χ3n) is 5.43. The van der Waals surface area contributed by atoms with Gasteiger partial charge in [-0.3, -0.25) is 19.1 Å². The van der Waals surface area contributed by atoms with Gasteiger partial charge in [0.15, 0.2) is 0 Å². The van der Waals surface area contributed by atoms with Gasteiger partial charge in [-0.25, -0.2) is 4.79 Å². The summed E-state index contributed by atoms with van der Waals surface area (Å²) >= 11 is 0. The van der Waals surface area contributed by atoms with Crippen molar-refractivity contribution in [3.05, 3.63) is 38.7 Å². The number of aromatic amines is 1. The molecule has 1 fully saturated rings. The number of carbonyl (C=O) groups excluding carboxylic acids is 1. The van der Waals surface area contributed by atoms with Crippen molar-refractivity contribution in [2.45, 2.75) is 63.7 Å². The zero-order valence-electron chi connectivity index (χ0n) is 18.7. The molecule has 0 aromatic carbocycles. The van der Waals surface area contributed by atoms with Crippen LogP contribution in [0.3, 0.4) is 0 Å². The number of unbranched alkanes of at least 4 members (excludes halogenated alkanes) is 5. The van der Waals surface area contributed by atoms with E-state index >= 15 is 0 Å². The monoisotopic (exact) mass is 437 g/mol. The summed E-state index contributed by atoms with van der Waals surface area (Å²) in [7, 11) is 3.11. The first-order valence-electron chi connectivity index (χ1n) is 11.0. The summed E-state index contributed by atoms with van der Waals surface area (Å²) in [5.74, 6) is -0.273. The third-order valence-corrected chi connectivity index (χ3v) is 5.43. The van der Waals surface area contributed by atoms with Crippen molar-refractivity contribution in [3.8, 4) is 0 Å². The number of hydrogen-bond acceptors (Lipinski definition) is 6. The van der Waals surface area contributed by atoms with Crippen molar-refractivity contribution in [1.29, 1.82) is 0 Å². The van der Waals surface area contributed by atoms with Crippen LogP contribution < -0.4 is 16.6 Å². The van der Waals surface area contributed by atoms with E-state index in [0.717, 1.165) is 12.8 Å². The first-order chi connectivity index (χ1) is 15.0. The van der Waals surface area contributed by atoms with Crippen molar-refractivity contribution in [1.82, 2.24) is 14.9 Å². The Kier molecular flexibility index (Phi) is 10.7. The molecule has 174 valence electrons. The molecule has 9 nitrogen and oxygen atoms in total. The van der Waals surface area contributed by atoms with Gasteiger partial charge >= 0.3 is 5.69 Å². The highest BCUT2D eigenvalue weighted by Gasteiger charge is 2.39. The molecule has 1 amide bonds. The molecule has 3 atom stereocenters. The Labute approximate surface area is 182 Å². The van der Waals surface area contributed by atoms with E-state index < -0.39 is 23.4 Å². The summed E-state index contributed by atoms with van der Waals surface area (Å²) in [5.41, 5.74) is -0.898. The summed E-state index contributed by atoms with van der Waals surface area (Å²) < 4.78 is 17.7. The molecule has 2 heterocycles. The van der Waals surface area contributed by atoms with Crippen LogP contribution in [0.5, 0.6) is 0 Å². The molecule has 2 rings (SSSR count). The maximum Gasteiger partial charge on any atom is 0.328 e. The number of nitrogens with zero attached hydrogens (tertiary/aromatic N) is 1. The van der Waals surface area contributed by atoms with Crippen LogP contribution in [0.2, 0.25) is 0 Å². The van der Waals surface area contributed by atoms with Crippen LogP contribution in [0.4, 0.5) is 0 Å². The standard InChI is InChI=1S/C22H35N3O6/c1-4-5-6-7-8-9-12-23-19(26)11-10-16-13-25(22(28)24-21(16)27)17-14-31-18(15-29-2)20(17)30-3/h10-11,13,17-18,20H,4-9,12,14-15H2,1-3H3,(H,23,26)(H,24,27,28)/b11-10+. The lowest BCUT2D eigenvalue weighted by atomic mass is 10.1. The molecule has 31 heavy (non-hydrogen) atoms. The maximum atomic E-state index is 12.4. The number of carbonyl (C=O) groups is 1. The lowest BCUT2D eigenvalue weighted by Crippen LogP contribution is -2.40. The topological polar surface area (TPSA) is 112 Å². The normalized spacial score (nSPS) is 21.1. The van der Waals surface area contributed by atoms with E-state index in [0.29, 0.717) is 13.2 Å². The minimum absolute atomic E-state index is 0.208. The molecule has 1 aliphatic heterocycles. The van der Waals surface area contributed by atoms with E-state index in [2.05, 4.69) is 17.2 Å². The van der Waals surface area contributed by atoms with E-state index in [1.807, 2.05) is 0 Å². The highest BCUT2D eigenvalue weighted by atomic mass is 16.6. The number of rotatable bonds is 13. The van der Waals surface area contributed by atoms with Gasteiger partial charge in [0.05, 0.1) is 24.8 Å². The number of methoxy groups -OCH3 is 2. The molecule has 0 aliphatic carbocycles. The molecular formula is C22H35N3O6. The van der Waals surface area contributed by atoms with Gasteiger partial charge in [-0.1, -0.05) is 39.0 Å². The number of ether oxygens (including phenoxy) is 3. The molecule has 3 unspecified atom stereocenters. The second-order valence-corrected chi connectivity index (χ2v) is 7.74. The molecule has 1 saturated heterocycles. The van der Waals surface area contributed by atoms with E-state index in [1.54, 1.807) is 14.2 Å². The van der Waals surface area contributed by atoms with Crippen molar-refractivity contribution >= 4 is 12.0 Å². The van der Waals surface area contributed by atoms with E-state index in [9.17, 15) is 14.4 Å². The van der Waals surface area contributed by atoms with Gasteiger partial charge in [0.1, 0.15) is 12.2 Å². The van der Waals surface area contributed by atoms with Crippen LogP contribution in [0.15, 0.2) is 21.9 Å². The molecule has 0 saturated carbocycles. The summed E-state index contributed by atoms with van der Waals surface area (Å²) in [5, 5.41) is 2.82. The van der Waals surface area contributed by atoms with Crippen LogP contribution in [0.1, 0.15) is 57.1 Å². The quantitative estimate of drug-likeness (QED) is 0.358. The van der Waals surface area contributed by atoms with Gasteiger partial charge in [-0.15, -0.1) is 0 Å². The van der Waals surface area contributed by atoms with Crippen LogP contribution in [0.25, 0.3) is 6.08 Å². The number of amides is 1.